The fourth-order valence-electron chi connectivity index (χ4n) is 3.88. The molecule has 0 spiro atoms. The van der Waals surface area contributed by atoms with Crippen LogP contribution in [0.2, 0.25) is 0 Å². The average molecular weight is 492 g/mol. The Morgan fingerprint density at radius 3 is 2.29 bits per heavy atom. The zero-order chi connectivity index (χ0) is 26.4. The number of hydrogen-bond donors (Lipinski definition) is 3. The molecule has 0 saturated carbocycles. The van der Waals surface area contributed by atoms with E-state index in [1.54, 1.807) is 17.9 Å². The zero-order valence-corrected chi connectivity index (χ0v) is 20.8. The highest BCUT2D eigenvalue weighted by Crippen LogP contribution is 2.44. The summed E-state index contributed by atoms with van der Waals surface area (Å²) in [5.74, 6) is -3.14. The van der Waals surface area contributed by atoms with E-state index in [9.17, 15) is 23.9 Å². The van der Waals surface area contributed by atoms with Crippen LogP contribution in [0.5, 0.6) is 0 Å². The Bertz CT molecular complexity index is 993. The van der Waals surface area contributed by atoms with Gasteiger partial charge in [-0.1, -0.05) is 25.1 Å². The van der Waals surface area contributed by atoms with E-state index in [0.29, 0.717) is 11.1 Å². The van der Waals surface area contributed by atoms with E-state index in [1.807, 2.05) is 20.8 Å². The van der Waals surface area contributed by atoms with Gasteiger partial charge in [0.25, 0.3) is 0 Å². The summed E-state index contributed by atoms with van der Waals surface area (Å²) in [6, 6.07) is 2.76. The monoisotopic (exact) mass is 491 g/mol. The van der Waals surface area contributed by atoms with E-state index in [2.05, 4.69) is 10.3 Å². The van der Waals surface area contributed by atoms with Gasteiger partial charge in [0.15, 0.2) is 0 Å². The molecule has 0 radical (unpaired) electrons. The van der Waals surface area contributed by atoms with Crippen molar-refractivity contribution in [1.29, 1.82) is 0 Å². The Morgan fingerprint density at radius 1 is 1.17 bits per heavy atom. The number of hydrogen-bond acceptors (Lipinski definition) is 6. The number of aliphatic carboxylic acids is 2. The van der Waals surface area contributed by atoms with E-state index >= 15 is 0 Å². The molecule has 1 aliphatic heterocycles. The van der Waals surface area contributed by atoms with Crippen molar-refractivity contribution in [2.45, 2.75) is 52.6 Å². The molecule has 3 rings (SSSR count). The standard InChI is InChI=1S/C16H16FNO4.C9H18N2O2/c1-9(11-4-6-13(17)18-8-11)12-5-3-10(14(19)20)7-16(12,2)15(21)22;1-9(2,3)13-8(12)11-6-4-10-5-7-11/h3-6,8-9H,7H2,1-2H3,(H,19,20)(H,21,22);10H,4-7H2,1-3H3/t9?,16-;/m0./s1. The van der Waals surface area contributed by atoms with Gasteiger partial charge in [-0.25, -0.2) is 14.6 Å². The second kappa shape index (κ2) is 11.4. The van der Waals surface area contributed by atoms with Crippen molar-refractivity contribution in [3.05, 3.63) is 53.1 Å². The fraction of sp³-hybridized carbons (Fsp3) is 0.520. The van der Waals surface area contributed by atoms with E-state index < -0.39 is 23.3 Å². The molecule has 3 N–H and O–H groups in total. The molecule has 1 amide bonds. The molecule has 10 heteroatoms. The van der Waals surface area contributed by atoms with Crippen LogP contribution in [-0.4, -0.2) is 69.9 Å². The number of amides is 1. The predicted octanol–water partition coefficient (Wildman–Crippen LogP) is 3.58. The highest BCUT2D eigenvalue weighted by Gasteiger charge is 2.43. The molecular formula is C25H34FN3O6. The molecule has 1 aliphatic carbocycles. The number of rotatable bonds is 4. The summed E-state index contributed by atoms with van der Waals surface area (Å²) in [4.78, 5) is 39.6. The van der Waals surface area contributed by atoms with Crippen LogP contribution in [0.3, 0.4) is 0 Å². The number of ether oxygens (including phenoxy) is 1. The number of allylic oxidation sites excluding steroid dienone is 2. The third-order valence-corrected chi connectivity index (χ3v) is 5.88. The number of carboxylic acids is 2. The lowest BCUT2D eigenvalue weighted by Gasteiger charge is -2.34. The number of piperazine rings is 1. The first-order chi connectivity index (χ1) is 16.2. The highest BCUT2D eigenvalue weighted by molar-refractivity contribution is 5.91. The van der Waals surface area contributed by atoms with Gasteiger partial charge in [-0.15, -0.1) is 0 Å². The number of nitrogens with zero attached hydrogens (tertiary/aromatic N) is 2. The minimum Gasteiger partial charge on any atom is -0.481 e. The summed E-state index contributed by atoms with van der Waals surface area (Å²) in [5, 5.41) is 21.8. The second-order valence-electron chi connectivity index (χ2n) is 9.79. The Kier molecular flexibility index (Phi) is 9.14. The normalized spacial score (nSPS) is 21.0. The number of aromatic nitrogens is 1. The largest absolute Gasteiger partial charge is 0.481 e. The molecule has 9 nitrogen and oxygen atoms in total. The molecule has 192 valence electrons. The van der Waals surface area contributed by atoms with Crippen LogP contribution in [0.25, 0.3) is 0 Å². The summed E-state index contributed by atoms with van der Waals surface area (Å²) < 4.78 is 18.2. The first kappa shape index (κ1) is 28.0. The Labute approximate surface area is 204 Å². The van der Waals surface area contributed by atoms with Crippen LogP contribution in [0.4, 0.5) is 9.18 Å². The first-order valence-electron chi connectivity index (χ1n) is 11.4. The van der Waals surface area contributed by atoms with Crippen molar-refractivity contribution < 1.29 is 33.7 Å². The second-order valence-corrected chi connectivity index (χ2v) is 9.79. The van der Waals surface area contributed by atoms with Crippen molar-refractivity contribution >= 4 is 18.0 Å². The molecule has 2 aliphatic rings. The zero-order valence-electron chi connectivity index (χ0n) is 20.8. The smallest absolute Gasteiger partial charge is 0.410 e. The Morgan fingerprint density at radius 2 is 1.80 bits per heavy atom. The molecular weight excluding hydrogens is 457 g/mol. The van der Waals surface area contributed by atoms with Gasteiger partial charge >= 0.3 is 18.0 Å². The molecule has 1 aromatic heterocycles. The summed E-state index contributed by atoms with van der Waals surface area (Å²) in [7, 11) is 0. The Hall–Kier alpha value is -3.27. The molecule has 1 unspecified atom stereocenters. The topological polar surface area (TPSA) is 129 Å². The van der Waals surface area contributed by atoms with Crippen molar-refractivity contribution in [2.75, 3.05) is 26.2 Å². The summed E-state index contributed by atoms with van der Waals surface area (Å²) in [6.07, 6.45) is 4.03. The third-order valence-electron chi connectivity index (χ3n) is 5.88. The van der Waals surface area contributed by atoms with Gasteiger partial charge in [0.05, 0.1) is 5.41 Å². The molecule has 2 heterocycles. The third kappa shape index (κ3) is 7.61. The minimum atomic E-state index is -1.32. The first-order valence-corrected chi connectivity index (χ1v) is 11.4. The van der Waals surface area contributed by atoms with Crippen LogP contribution in [0, 0.1) is 11.4 Å². The number of pyridine rings is 1. The molecule has 1 fully saturated rings. The van der Waals surface area contributed by atoms with Crippen molar-refractivity contribution in [1.82, 2.24) is 15.2 Å². The van der Waals surface area contributed by atoms with Gasteiger partial charge in [0.2, 0.25) is 5.95 Å². The fourth-order valence-corrected chi connectivity index (χ4v) is 3.88. The van der Waals surface area contributed by atoms with E-state index in [0.717, 1.165) is 26.2 Å². The maximum Gasteiger partial charge on any atom is 0.410 e. The summed E-state index contributed by atoms with van der Waals surface area (Å²) in [5.41, 5.74) is -0.415. The number of carboxylic acid groups (broad SMARTS) is 2. The lowest BCUT2D eigenvalue weighted by molar-refractivity contribution is -0.146. The maximum absolute atomic E-state index is 12.9. The minimum absolute atomic E-state index is 0.0538. The molecule has 35 heavy (non-hydrogen) atoms. The number of nitrogens with one attached hydrogen (secondary N) is 1. The number of halogens is 1. The van der Waals surface area contributed by atoms with Gasteiger partial charge in [0, 0.05) is 43.9 Å². The van der Waals surface area contributed by atoms with E-state index in [4.69, 9.17) is 9.84 Å². The van der Waals surface area contributed by atoms with Crippen molar-refractivity contribution in [3.63, 3.8) is 0 Å². The lowest BCUT2D eigenvalue weighted by atomic mass is 9.68. The SMILES string of the molecule is CC(C)(C)OC(=O)N1CCNCC1.CC(C1=CC=C(C(=O)O)C[C@]1(C)C(=O)O)c1ccc(F)nc1. The van der Waals surface area contributed by atoms with E-state index in [1.165, 1.54) is 31.3 Å². The number of carbonyl (C=O) groups excluding carboxylic acids is 1. The molecule has 0 bridgehead atoms. The number of carbonyl (C=O) groups is 3. The summed E-state index contributed by atoms with van der Waals surface area (Å²) >= 11 is 0. The molecule has 1 aromatic rings. The van der Waals surface area contributed by atoms with Gasteiger partial charge in [-0.05, 0) is 51.3 Å². The van der Waals surface area contributed by atoms with E-state index in [-0.39, 0.29) is 29.6 Å². The quantitative estimate of drug-likeness (QED) is 0.545. The van der Waals surface area contributed by atoms with Gasteiger partial charge in [-0.2, -0.15) is 4.39 Å². The molecule has 1 saturated heterocycles. The van der Waals surface area contributed by atoms with Gasteiger partial charge in [0.1, 0.15) is 5.60 Å². The summed E-state index contributed by atoms with van der Waals surface area (Å²) in [6.45, 7) is 12.2. The molecule has 0 aromatic carbocycles. The van der Waals surface area contributed by atoms with Crippen molar-refractivity contribution in [2.24, 2.45) is 5.41 Å². The molecule has 2 atom stereocenters. The van der Waals surface area contributed by atoms with Gasteiger partial charge < -0.3 is 25.2 Å². The van der Waals surface area contributed by atoms with Crippen LogP contribution < -0.4 is 5.32 Å². The average Bonchev–Trinajstić information content (AvgIpc) is 2.79. The Balaban J connectivity index is 0.000000283. The van der Waals surface area contributed by atoms with Crippen molar-refractivity contribution in [3.8, 4) is 0 Å². The van der Waals surface area contributed by atoms with Gasteiger partial charge in [-0.3, -0.25) is 4.79 Å². The predicted molar refractivity (Wildman–Crippen MR) is 127 cm³/mol. The van der Waals surface area contributed by atoms with Crippen LogP contribution in [-0.2, 0) is 14.3 Å². The highest BCUT2D eigenvalue weighted by atomic mass is 19.1. The van der Waals surface area contributed by atoms with Crippen LogP contribution >= 0.6 is 0 Å². The maximum atomic E-state index is 12.9. The lowest BCUT2D eigenvalue weighted by Crippen LogP contribution is -2.48. The van der Waals surface area contributed by atoms with Crippen LogP contribution in [0.15, 0.2) is 41.6 Å². The van der Waals surface area contributed by atoms with Crippen LogP contribution in [0.1, 0.15) is 52.5 Å².